The molecule has 230 valence electrons. The summed E-state index contributed by atoms with van der Waals surface area (Å²) in [5, 5.41) is 0. The van der Waals surface area contributed by atoms with E-state index in [2.05, 4.69) is 9.47 Å². The molecule has 0 saturated carbocycles. The standard InChI is InChI=1S/C19H25F13O5Si2/c1-38(2,3)37-39(4,5)10-6-9-35-12(33)7-8-13(34)36-19(31,32)18(29,30)17(27,28)16(25,26)15(23,24)14(21,22)11-20/h7-8H,6,9-11H2,1-5H3. The molecule has 0 amide bonds. The van der Waals surface area contributed by atoms with Gasteiger partial charge in [-0.25, -0.2) is 14.0 Å². The van der Waals surface area contributed by atoms with E-state index in [1.165, 1.54) is 0 Å². The van der Waals surface area contributed by atoms with Crippen molar-refractivity contribution in [1.82, 2.24) is 0 Å². The van der Waals surface area contributed by atoms with E-state index < -0.39 is 71.0 Å². The van der Waals surface area contributed by atoms with Crippen LogP contribution in [0.3, 0.4) is 0 Å². The van der Waals surface area contributed by atoms with Crippen LogP contribution in [0.1, 0.15) is 6.42 Å². The number of hydrogen-bond acceptors (Lipinski definition) is 5. The largest absolute Gasteiger partial charge is 0.473 e. The van der Waals surface area contributed by atoms with Crippen molar-refractivity contribution in [3.8, 4) is 0 Å². The second kappa shape index (κ2) is 12.0. The summed E-state index contributed by atoms with van der Waals surface area (Å²) in [6.45, 7) is 5.54. The molecular weight excluding hydrogens is 611 g/mol. The van der Waals surface area contributed by atoms with Crippen LogP contribution in [0.2, 0.25) is 38.8 Å². The van der Waals surface area contributed by atoms with Crippen LogP contribution in [0.4, 0.5) is 57.1 Å². The molecule has 0 radical (unpaired) electrons. The average molecular weight is 637 g/mol. The van der Waals surface area contributed by atoms with Crippen molar-refractivity contribution in [2.45, 2.75) is 80.9 Å². The van der Waals surface area contributed by atoms with Crippen molar-refractivity contribution in [1.29, 1.82) is 0 Å². The fourth-order valence-electron chi connectivity index (χ4n) is 2.85. The van der Waals surface area contributed by atoms with E-state index in [4.69, 9.17) is 4.12 Å². The summed E-state index contributed by atoms with van der Waals surface area (Å²) in [6, 6.07) is 0.493. The lowest BCUT2D eigenvalue weighted by atomic mass is 9.94. The summed E-state index contributed by atoms with van der Waals surface area (Å²) in [5.74, 6) is -42.3. The van der Waals surface area contributed by atoms with E-state index in [0.717, 1.165) is 0 Å². The van der Waals surface area contributed by atoms with Crippen LogP contribution in [-0.2, 0) is 23.2 Å². The maximum Gasteiger partial charge on any atom is 0.473 e. The highest BCUT2D eigenvalue weighted by Gasteiger charge is 2.91. The Morgan fingerprint density at radius 1 is 0.692 bits per heavy atom. The number of rotatable bonds is 15. The number of ether oxygens (including phenoxy) is 2. The van der Waals surface area contributed by atoms with Crippen molar-refractivity contribution in [2.24, 2.45) is 0 Å². The van der Waals surface area contributed by atoms with Crippen molar-refractivity contribution in [3.05, 3.63) is 12.2 Å². The monoisotopic (exact) mass is 636 g/mol. The predicted octanol–water partition coefficient (Wildman–Crippen LogP) is 6.81. The molecule has 0 aromatic rings. The molecule has 20 heteroatoms. The van der Waals surface area contributed by atoms with Gasteiger partial charge in [-0.2, -0.15) is 52.7 Å². The van der Waals surface area contributed by atoms with Gasteiger partial charge in [0.15, 0.2) is 23.3 Å². The minimum absolute atomic E-state index is 0.000392. The number of carbonyl (C=O) groups is 2. The zero-order valence-electron chi connectivity index (χ0n) is 20.9. The third-order valence-electron chi connectivity index (χ3n) is 4.51. The fourth-order valence-corrected chi connectivity index (χ4v) is 10.9. The molecule has 0 spiro atoms. The third-order valence-corrected chi connectivity index (χ3v) is 10.7. The molecule has 0 fully saturated rings. The lowest BCUT2D eigenvalue weighted by molar-refractivity contribution is -0.450. The van der Waals surface area contributed by atoms with Crippen molar-refractivity contribution >= 4 is 28.6 Å². The first-order valence-corrected chi connectivity index (χ1v) is 17.1. The lowest BCUT2D eigenvalue weighted by Crippen LogP contribution is -2.71. The first-order valence-electron chi connectivity index (χ1n) is 10.6. The number of hydrogen-bond donors (Lipinski definition) is 0. The Morgan fingerprint density at radius 3 is 1.56 bits per heavy atom. The van der Waals surface area contributed by atoms with E-state index in [-0.39, 0.29) is 25.2 Å². The molecule has 5 nitrogen and oxygen atoms in total. The van der Waals surface area contributed by atoms with Gasteiger partial charge in [0.1, 0.15) is 0 Å². The second-order valence-electron chi connectivity index (χ2n) is 9.65. The van der Waals surface area contributed by atoms with Gasteiger partial charge in [-0.05, 0) is 45.2 Å². The van der Waals surface area contributed by atoms with Gasteiger partial charge in [0, 0.05) is 12.2 Å². The van der Waals surface area contributed by atoms with E-state index in [1.54, 1.807) is 0 Å². The first kappa shape index (κ1) is 37.2. The molecule has 0 N–H and O–H groups in total. The summed E-state index contributed by atoms with van der Waals surface area (Å²) >= 11 is 0. The van der Waals surface area contributed by atoms with Gasteiger partial charge in [0.05, 0.1) is 6.61 Å². The Bertz CT molecular complexity index is 903. The minimum atomic E-state index is -8.04. The van der Waals surface area contributed by atoms with E-state index >= 15 is 0 Å². The summed E-state index contributed by atoms with van der Waals surface area (Å²) < 4.78 is 185. The molecule has 0 atom stereocenters. The van der Waals surface area contributed by atoms with Crippen molar-refractivity contribution < 1.29 is 80.3 Å². The van der Waals surface area contributed by atoms with Gasteiger partial charge < -0.3 is 13.6 Å². The van der Waals surface area contributed by atoms with Crippen LogP contribution < -0.4 is 0 Å². The smallest absolute Gasteiger partial charge is 0.463 e. The van der Waals surface area contributed by atoms with Crippen molar-refractivity contribution in [3.63, 3.8) is 0 Å². The van der Waals surface area contributed by atoms with Crippen LogP contribution in [0.25, 0.3) is 0 Å². The maximum absolute atomic E-state index is 13.6. The molecular formula is C19H25F13O5Si2. The predicted molar refractivity (Wildman–Crippen MR) is 113 cm³/mol. The number of halogens is 13. The minimum Gasteiger partial charge on any atom is -0.463 e. The van der Waals surface area contributed by atoms with Crippen LogP contribution >= 0.6 is 0 Å². The summed E-state index contributed by atoms with van der Waals surface area (Å²) in [6.07, 6.45) is -7.16. The Kier molecular flexibility index (Phi) is 11.4. The molecule has 0 aromatic carbocycles. The molecule has 0 aliphatic carbocycles. The number of alkyl halides is 13. The highest BCUT2D eigenvalue weighted by atomic mass is 28.4. The Balaban J connectivity index is 5.40. The molecule has 0 unspecified atom stereocenters. The molecule has 0 aliphatic heterocycles. The van der Waals surface area contributed by atoms with Crippen LogP contribution in [0.5, 0.6) is 0 Å². The molecule has 0 rings (SSSR count). The van der Waals surface area contributed by atoms with Gasteiger partial charge in [-0.3, -0.25) is 0 Å². The summed E-state index contributed by atoms with van der Waals surface area (Å²) in [5.41, 5.74) is 0. The summed E-state index contributed by atoms with van der Waals surface area (Å²) in [7, 11) is -4.02. The molecule has 39 heavy (non-hydrogen) atoms. The zero-order chi connectivity index (χ0) is 31.5. The fraction of sp³-hybridized carbons (Fsp3) is 0.789. The van der Waals surface area contributed by atoms with Gasteiger partial charge in [0.2, 0.25) is 0 Å². The topological polar surface area (TPSA) is 61.8 Å². The van der Waals surface area contributed by atoms with Crippen LogP contribution in [0.15, 0.2) is 12.2 Å². The average Bonchev–Trinajstić information content (AvgIpc) is 2.72. The molecule has 0 bridgehead atoms. The number of carbonyl (C=O) groups excluding carboxylic acids is 2. The van der Waals surface area contributed by atoms with Gasteiger partial charge >= 0.3 is 47.7 Å². The van der Waals surface area contributed by atoms with Crippen LogP contribution in [-0.4, -0.2) is 77.6 Å². The SMILES string of the molecule is C[Si](C)(C)O[Si](C)(C)CCCOC(=O)C=CC(=O)OC(F)(F)C(F)(F)C(F)(F)C(F)(F)C(F)(F)C(F)(F)CF. The number of esters is 2. The van der Waals surface area contributed by atoms with Gasteiger partial charge in [-0.15, -0.1) is 0 Å². The van der Waals surface area contributed by atoms with E-state index in [0.29, 0.717) is 6.04 Å². The highest BCUT2D eigenvalue weighted by Crippen LogP contribution is 2.60. The highest BCUT2D eigenvalue weighted by molar-refractivity contribution is 6.84. The molecule has 0 saturated heterocycles. The quantitative estimate of drug-likeness (QED) is 0.0650. The molecule has 0 aromatic heterocycles. The lowest BCUT2D eigenvalue weighted by Gasteiger charge is -2.40. The normalized spacial score (nSPS) is 15.0. The third kappa shape index (κ3) is 8.57. The summed E-state index contributed by atoms with van der Waals surface area (Å²) in [4.78, 5) is 22.8. The molecule has 0 aliphatic rings. The van der Waals surface area contributed by atoms with E-state index in [9.17, 15) is 66.7 Å². The zero-order valence-corrected chi connectivity index (χ0v) is 22.9. The maximum atomic E-state index is 13.6. The Hall–Kier alpha value is -1.84. The Morgan fingerprint density at radius 2 is 1.13 bits per heavy atom. The van der Waals surface area contributed by atoms with Gasteiger partial charge in [0.25, 0.3) is 0 Å². The van der Waals surface area contributed by atoms with Crippen molar-refractivity contribution in [2.75, 3.05) is 13.3 Å². The van der Waals surface area contributed by atoms with Crippen LogP contribution in [0, 0.1) is 0 Å². The van der Waals surface area contributed by atoms with E-state index in [1.807, 2.05) is 32.7 Å². The van der Waals surface area contributed by atoms with Gasteiger partial charge in [-0.1, -0.05) is 0 Å². The Labute approximate surface area is 215 Å². The second-order valence-corrected chi connectivity index (χ2v) is 18.7. The molecule has 0 heterocycles. The first-order chi connectivity index (χ1) is 17.0.